The Morgan fingerprint density at radius 3 is 3.06 bits per heavy atom. The SMILES string of the molecule is CCOC(=O)/C=C/c1ccc2ncc(Cl)cc2c1. The van der Waals surface area contributed by atoms with Crippen LogP contribution in [0, 0.1) is 0 Å². The van der Waals surface area contributed by atoms with Crippen LogP contribution in [0.1, 0.15) is 12.5 Å². The number of carbonyl (C=O) groups excluding carboxylic acids is 1. The summed E-state index contributed by atoms with van der Waals surface area (Å²) in [7, 11) is 0. The summed E-state index contributed by atoms with van der Waals surface area (Å²) in [5.74, 6) is -0.346. The maximum absolute atomic E-state index is 11.2. The summed E-state index contributed by atoms with van der Waals surface area (Å²) >= 11 is 5.89. The van der Waals surface area contributed by atoms with Crippen molar-refractivity contribution in [1.29, 1.82) is 0 Å². The van der Waals surface area contributed by atoms with E-state index in [-0.39, 0.29) is 5.97 Å². The number of halogens is 1. The van der Waals surface area contributed by atoms with Gasteiger partial charge in [0.25, 0.3) is 0 Å². The first kappa shape index (κ1) is 12.6. The second kappa shape index (κ2) is 5.65. The summed E-state index contributed by atoms with van der Waals surface area (Å²) in [6.45, 7) is 2.15. The third kappa shape index (κ3) is 3.08. The summed E-state index contributed by atoms with van der Waals surface area (Å²) in [5, 5.41) is 1.53. The Kier molecular flexibility index (Phi) is 3.95. The summed E-state index contributed by atoms with van der Waals surface area (Å²) in [6, 6.07) is 7.53. The van der Waals surface area contributed by atoms with Crippen LogP contribution in [0.5, 0.6) is 0 Å². The predicted octanol–water partition coefficient (Wildman–Crippen LogP) is 3.46. The lowest BCUT2D eigenvalue weighted by atomic mass is 10.1. The van der Waals surface area contributed by atoms with Crippen LogP contribution in [0.4, 0.5) is 0 Å². The average molecular weight is 262 g/mol. The van der Waals surface area contributed by atoms with Crippen molar-refractivity contribution >= 4 is 34.5 Å². The molecule has 0 N–H and O–H groups in total. The number of hydrogen-bond acceptors (Lipinski definition) is 3. The molecule has 0 amide bonds. The molecule has 2 aromatic rings. The average Bonchev–Trinajstić information content (AvgIpc) is 2.36. The quantitative estimate of drug-likeness (QED) is 0.627. The van der Waals surface area contributed by atoms with E-state index in [1.54, 1.807) is 19.2 Å². The third-order valence-corrected chi connectivity index (χ3v) is 2.58. The van der Waals surface area contributed by atoms with E-state index in [9.17, 15) is 4.79 Å². The number of aromatic nitrogens is 1. The lowest BCUT2D eigenvalue weighted by Crippen LogP contribution is -1.98. The van der Waals surface area contributed by atoms with Gasteiger partial charge in [-0.3, -0.25) is 4.98 Å². The van der Waals surface area contributed by atoms with Gasteiger partial charge in [-0.2, -0.15) is 0 Å². The predicted molar refractivity (Wildman–Crippen MR) is 72.4 cm³/mol. The van der Waals surface area contributed by atoms with Crippen molar-refractivity contribution in [1.82, 2.24) is 4.98 Å². The van der Waals surface area contributed by atoms with Crippen LogP contribution in [0.2, 0.25) is 5.02 Å². The molecule has 0 spiro atoms. The van der Waals surface area contributed by atoms with Crippen molar-refractivity contribution in [2.24, 2.45) is 0 Å². The van der Waals surface area contributed by atoms with E-state index < -0.39 is 0 Å². The van der Waals surface area contributed by atoms with Crippen molar-refractivity contribution in [2.45, 2.75) is 6.92 Å². The largest absolute Gasteiger partial charge is 0.463 e. The Labute approximate surface area is 110 Å². The van der Waals surface area contributed by atoms with Crippen molar-refractivity contribution in [2.75, 3.05) is 6.61 Å². The monoisotopic (exact) mass is 261 g/mol. The number of benzene rings is 1. The van der Waals surface area contributed by atoms with Gasteiger partial charge in [-0.1, -0.05) is 17.7 Å². The van der Waals surface area contributed by atoms with Gasteiger partial charge >= 0.3 is 5.97 Å². The molecule has 18 heavy (non-hydrogen) atoms. The maximum atomic E-state index is 11.2. The first-order chi connectivity index (χ1) is 8.69. The fourth-order valence-electron chi connectivity index (χ4n) is 1.58. The van der Waals surface area contributed by atoms with Crippen molar-refractivity contribution in [3.63, 3.8) is 0 Å². The molecule has 0 aliphatic rings. The topological polar surface area (TPSA) is 39.2 Å². The Morgan fingerprint density at radius 2 is 2.28 bits per heavy atom. The van der Waals surface area contributed by atoms with E-state index in [0.29, 0.717) is 11.6 Å². The number of esters is 1. The van der Waals surface area contributed by atoms with E-state index in [2.05, 4.69) is 4.98 Å². The summed E-state index contributed by atoms with van der Waals surface area (Å²) in [4.78, 5) is 15.4. The van der Waals surface area contributed by atoms with Gasteiger partial charge in [0.05, 0.1) is 17.1 Å². The molecule has 0 bridgehead atoms. The third-order valence-electron chi connectivity index (χ3n) is 2.37. The molecule has 1 heterocycles. The number of carbonyl (C=O) groups is 1. The normalized spacial score (nSPS) is 11.0. The Morgan fingerprint density at radius 1 is 1.44 bits per heavy atom. The smallest absolute Gasteiger partial charge is 0.330 e. The van der Waals surface area contributed by atoms with Crippen LogP contribution >= 0.6 is 11.6 Å². The van der Waals surface area contributed by atoms with Crippen LogP contribution in [-0.4, -0.2) is 17.6 Å². The molecule has 0 saturated heterocycles. The zero-order valence-corrected chi connectivity index (χ0v) is 10.6. The van der Waals surface area contributed by atoms with Gasteiger partial charge in [0.2, 0.25) is 0 Å². The van der Waals surface area contributed by atoms with Crippen LogP contribution in [0.15, 0.2) is 36.5 Å². The fourth-order valence-corrected chi connectivity index (χ4v) is 1.75. The molecule has 0 fully saturated rings. The second-order valence-corrected chi connectivity index (χ2v) is 4.13. The van der Waals surface area contributed by atoms with E-state index >= 15 is 0 Å². The van der Waals surface area contributed by atoms with E-state index in [0.717, 1.165) is 16.5 Å². The lowest BCUT2D eigenvalue weighted by molar-refractivity contribution is -0.137. The van der Waals surface area contributed by atoms with Crippen LogP contribution in [0.3, 0.4) is 0 Å². The van der Waals surface area contributed by atoms with Crippen molar-refractivity contribution in [3.8, 4) is 0 Å². The molecule has 0 aliphatic heterocycles. The number of pyridine rings is 1. The molecule has 0 unspecified atom stereocenters. The molecule has 0 radical (unpaired) electrons. The summed E-state index contributed by atoms with van der Waals surface area (Å²) in [6.07, 6.45) is 4.72. The summed E-state index contributed by atoms with van der Waals surface area (Å²) in [5.41, 5.74) is 1.77. The minimum Gasteiger partial charge on any atom is -0.463 e. The first-order valence-electron chi connectivity index (χ1n) is 5.59. The lowest BCUT2D eigenvalue weighted by Gasteiger charge is -2.00. The zero-order valence-electron chi connectivity index (χ0n) is 9.89. The van der Waals surface area contributed by atoms with E-state index in [1.807, 2.05) is 24.3 Å². The highest BCUT2D eigenvalue weighted by atomic mass is 35.5. The molecular weight excluding hydrogens is 250 g/mol. The highest BCUT2D eigenvalue weighted by molar-refractivity contribution is 6.31. The van der Waals surface area contributed by atoms with E-state index in [1.165, 1.54) is 6.08 Å². The minimum absolute atomic E-state index is 0.346. The number of nitrogens with zero attached hydrogens (tertiary/aromatic N) is 1. The second-order valence-electron chi connectivity index (χ2n) is 3.69. The van der Waals surface area contributed by atoms with Crippen LogP contribution in [0.25, 0.3) is 17.0 Å². The molecule has 3 nitrogen and oxygen atoms in total. The number of rotatable bonds is 3. The highest BCUT2D eigenvalue weighted by Gasteiger charge is 1.98. The number of fused-ring (bicyclic) bond motifs is 1. The number of ether oxygens (including phenoxy) is 1. The molecule has 1 aromatic heterocycles. The minimum atomic E-state index is -0.346. The standard InChI is InChI=1S/C14H12ClNO2/c1-2-18-14(17)6-4-10-3-5-13-11(7-10)8-12(15)9-16-13/h3-9H,2H2,1H3/b6-4+. The summed E-state index contributed by atoms with van der Waals surface area (Å²) < 4.78 is 4.81. The Hall–Kier alpha value is -1.87. The van der Waals surface area contributed by atoms with Crippen LogP contribution < -0.4 is 0 Å². The molecule has 4 heteroatoms. The van der Waals surface area contributed by atoms with Crippen LogP contribution in [-0.2, 0) is 9.53 Å². The molecule has 0 atom stereocenters. The van der Waals surface area contributed by atoms with Crippen molar-refractivity contribution < 1.29 is 9.53 Å². The maximum Gasteiger partial charge on any atom is 0.330 e. The first-order valence-corrected chi connectivity index (χ1v) is 5.97. The van der Waals surface area contributed by atoms with Gasteiger partial charge in [0.1, 0.15) is 0 Å². The Balaban J connectivity index is 2.27. The molecule has 2 rings (SSSR count). The zero-order chi connectivity index (χ0) is 13.0. The molecule has 0 saturated carbocycles. The van der Waals surface area contributed by atoms with Gasteiger partial charge in [-0.15, -0.1) is 0 Å². The van der Waals surface area contributed by atoms with Gasteiger partial charge in [-0.05, 0) is 36.8 Å². The molecule has 1 aromatic carbocycles. The van der Waals surface area contributed by atoms with Gasteiger partial charge in [0.15, 0.2) is 0 Å². The fraction of sp³-hybridized carbons (Fsp3) is 0.143. The number of hydrogen-bond donors (Lipinski definition) is 0. The molecular formula is C14H12ClNO2. The van der Waals surface area contributed by atoms with Gasteiger partial charge in [0, 0.05) is 17.7 Å². The highest BCUT2D eigenvalue weighted by Crippen LogP contribution is 2.18. The van der Waals surface area contributed by atoms with Crippen molar-refractivity contribution in [3.05, 3.63) is 47.1 Å². The Bertz CT molecular complexity index is 608. The molecule has 0 aliphatic carbocycles. The van der Waals surface area contributed by atoms with E-state index in [4.69, 9.17) is 16.3 Å². The van der Waals surface area contributed by atoms with Gasteiger partial charge < -0.3 is 4.74 Å². The van der Waals surface area contributed by atoms with Gasteiger partial charge in [-0.25, -0.2) is 4.79 Å². The molecule has 92 valence electrons.